The summed E-state index contributed by atoms with van der Waals surface area (Å²) in [7, 11) is -5.47. The molecule has 0 aromatic heterocycles. The summed E-state index contributed by atoms with van der Waals surface area (Å²) in [4.78, 5) is 24.0. The lowest BCUT2D eigenvalue weighted by Gasteiger charge is -2.36. The Kier molecular flexibility index (Phi) is 6.18. The van der Waals surface area contributed by atoms with E-state index in [2.05, 4.69) is 10.6 Å². The van der Waals surface area contributed by atoms with E-state index in [1.165, 1.54) is 0 Å². The van der Waals surface area contributed by atoms with Crippen molar-refractivity contribution in [3.63, 3.8) is 0 Å². The fourth-order valence-electron chi connectivity index (χ4n) is 3.10. The summed E-state index contributed by atoms with van der Waals surface area (Å²) in [6.07, 6.45) is 3.40. The van der Waals surface area contributed by atoms with Gasteiger partial charge in [0, 0.05) is 12.1 Å². The Balaban J connectivity index is 2.23. The molecule has 0 saturated heterocycles. The number of rotatable bonds is 5. The Bertz CT molecular complexity index is 798. The summed E-state index contributed by atoms with van der Waals surface area (Å²) < 4.78 is 60.5. The lowest BCUT2D eigenvalue weighted by atomic mass is 9.80. The van der Waals surface area contributed by atoms with Crippen molar-refractivity contribution in [2.24, 2.45) is 0 Å². The van der Waals surface area contributed by atoms with E-state index in [0.29, 0.717) is 19.4 Å². The Morgan fingerprint density at radius 3 is 2.11 bits per heavy atom. The van der Waals surface area contributed by atoms with Crippen LogP contribution in [-0.2, 0) is 14.6 Å². The third-order valence-corrected chi connectivity index (χ3v) is 6.07. The summed E-state index contributed by atoms with van der Waals surface area (Å²) in [5.41, 5.74) is -6.51. The largest absolute Gasteiger partial charge is 0.501 e. The van der Waals surface area contributed by atoms with Crippen molar-refractivity contribution in [1.82, 2.24) is 10.6 Å². The zero-order valence-corrected chi connectivity index (χ0v) is 15.5. The van der Waals surface area contributed by atoms with Crippen molar-refractivity contribution in [2.45, 2.75) is 55.0 Å². The standard InChI is InChI=1S/C17H21F3N2O4S/c1-2-21-15(24)16(10-4-3-5-11-16)22-14(23)12-6-8-13(9-7-12)27(25,26)17(18,19)20/h6-9H,2-5,10-11H2,1H3,(H,21,24)(H,22,23). The summed E-state index contributed by atoms with van der Waals surface area (Å²) in [5.74, 6) is -0.937. The number of amides is 2. The molecule has 1 aromatic rings. The highest BCUT2D eigenvalue weighted by Gasteiger charge is 2.47. The van der Waals surface area contributed by atoms with Crippen molar-refractivity contribution < 1.29 is 31.2 Å². The zero-order chi connectivity index (χ0) is 20.3. The van der Waals surface area contributed by atoms with Crippen LogP contribution in [0.15, 0.2) is 29.2 Å². The van der Waals surface area contributed by atoms with Gasteiger partial charge in [0.15, 0.2) is 0 Å². The van der Waals surface area contributed by atoms with Crippen LogP contribution in [0.1, 0.15) is 49.4 Å². The minimum atomic E-state index is -5.47. The average Bonchev–Trinajstić information content (AvgIpc) is 2.62. The number of halogens is 3. The molecule has 1 aromatic carbocycles. The Morgan fingerprint density at radius 2 is 1.63 bits per heavy atom. The molecule has 0 unspecified atom stereocenters. The van der Waals surface area contributed by atoms with Crippen molar-refractivity contribution in [2.75, 3.05) is 6.54 Å². The second-order valence-electron chi connectivity index (χ2n) is 6.43. The average molecular weight is 406 g/mol. The molecule has 1 aliphatic rings. The van der Waals surface area contributed by atoms with Crippen LogP contribution in [-0.4, -0.2) is 37.8 Å². The molecule has 0 aliphatic heterocycles. The van der Waals surface area contributed by atoms with E-state index in [1.54, 1.807) is 6.92 Å². The highest BCUT2D eigenvalue weighted by atomic mass is 32.2. The van der Waals surface area contributed by atoms with Gasteiger partial charge in [0.1, 0.15) is 5.54 Å². The molecule has 0 bridgehead atoms. The van der Waals surface area contributed by atoms with Gasteiger partial charge in [-0.15, -0.1) is 0 Å². The van der Waals surface area contributed by atoms with Gasteiger partial charge in [-0.2, -0.15) is 13.2 Å². The molecule has 2 rings (SSSR count). The molecule has 0 atom stereocenters. The van der Waals surface area contributed by atoms with E-state index in [4.69, 9.17) is 0 Å². The smallest absolute Gasteiger partial charge is 0.354 e. The minimum Gasteiger partial charge on any atom is -0.354 e. The number of carbonyl (C=O) groups excluding carboxylic acids is 2. The molecular formula is C17H21F3N2O4S. The van der Waals surface area contributed by atoms with E-state index in [-0.39, 0.29) is 11.5 Å². The first kappa shape index (κ1) is 21.2. The van der Waals surface area contributed by atoms with E-state index >= 15 is 0 Å². The number of nitrogens with one attached hydrogen (secondary N) is 2. The van der Waals surface area contributed by atoms with Gasteiger partial charge in [-0.05, 0) is 44.0 Å². The quantitative estimate of drug-likeness (QED) is 0.786. The molecule has 1 fully saturated rings. The van der Waals surface area contributed by atoms with Gasteiger partial charge in [-0.25, -0.2) is 8.42 Å². The summed E-state index contributed by atoms with van der Waals surface area (Å²) in [5, 5.41) is 5.40. The molecule has 2 N–H and O–H groups in total. The van der Waals surface area contributed by atoms with Crippen LogP contribution < -0.4 is 10.6 Å². The monoisotopic (exact) mass is 406 g/mol. The number of hydrogen-bond donors (Lipinski definition) is 2. The van der Waals surface area contributed by atoms with Crippen LogP contribution in [0.5, 0.6) is 0 Å². The maximum Gasteiger partial charge on any atom is 0.501 e. The van der Waals surface area contributed by atoms with Crippen molar-refractivity contribution >= 4 is 21.7 Å². The number of hydrogen-bond acceptors (Lipinski definition) is 4. The van der Waals surface area contributed by atoms with Crippen LogP contribution in [0.3, 0.4) is 0 Å². The second-order valence-corrected chi connectivity index (χ2v) is 8.37. The van der Waals surface area contributed by atoms with Gasteiger partial charge >= 0.3 is 5.51 Å². The lowest BCUT2D eigenvalue weighted by Crippen LogP contribution is -2.59. The van der Waals surface area contributed by atoms with Crippen LogP contribution >= 0.6 is 0 Å². The molecule has 150 valence electrons. The van der Waals surface area contributed by atoms with Crippen LogP contribution in [0.4, 0.5) is 13.2 Å². The lowest BCUT2D eigenvalue weighted by molar-refractivity contribution is -0.128. The third kappa shape index (κ3) is 4.42. The van der Waals surface area contributed by atoms with Crippen molar-refractivity contribution in [3.8, 4) is 0 Å². The predicted octanol–water partition coefficient (Wildman–Crippen LogP) is 2.55. The first-order chi connectivity index (χ1) is 12.5. The number of sulfone groups is 1. The molecule has 6 nitrogen and oxygen atoms in total. The molecule has 0 radical (unpaired) electrons. The molecule has 0 heterocycles. The fraction of sp³-hybridized carbons (Fsp3) is 0.529. The first-order valence-electron chi connectivity index (χ1n) is 8.56. The van der Waals surface area contributed by atoms with E-state index in [9.17, 15) is 31.2 Å². The van der Waals surface area contributed by atoms with E-state index in [1.807, 2.05) is 0 Å². The maximum absolute atomic E-state index is 12.6. The van der Waals surface area contributed by atoms with Crippen LogP contribution in [0, 0.1) is 0 Å². The van der Waals surface area contributed by atoms with Crippen LogP contribution in [0.25, 0.3) is 0 Å². The number of alkyl halides is 3. The van der Waals surface area contributed by atoms with Gasteiger partial charge < -0.3 is 10.6 Å². The number of carbonyl (C=O) groups is 2. The molecular weight excluding hydrogens is 385 g/mol. The van der Waals surface area contributed by atoms with Gasteiger partial charge in [-0.3, -0.25) is 9.59 Å². The summed E-state index contributed by atoms with van der Waals surface area (Å²) >= 11 is 0. The van der Waals surface area contributed by atoms with Crippen molar-refractivity contribution in [3.05, 3.63) is 29.8 Å². The molecule has 2 amide bonds. The second kappa shape index (κ2) is 7.87. The molecule has 27 heavy (non-hydrogen) atoms. The predicted molar refractivity (Wildman–Crippen MR) is 91.6 cm³/mol. The van der Waals surface area contributed by atoms with E-state index in [0.717, 1.165) is 43.5 Å². The summed E-state index contributed by atoms with van der Waals surface area (Å²) in [6, 6.07) is 3.47. The van der Waals surface area contributed by atoms with Gasteiger partial charge in [0.2, 0.25) is 5.91 Å². The first-order valence-corrected chi connectivity index (χ1v) is 10.0. The minimum absolute atomic E-state index is 0.0228. The maximum atomic E-state index is 12.6. The highest BCUT2D eigenvalue weighted by molar-refractivity contribution is 7.92. The molecule has 1 saturated carbocycles. The van der Waals surface area contributed by atoms with E-state index < -0.39 is 31.7 Å². The molecule has 0 spiro atoms. The molecule has 1 aliphatic carbocycles. The normalized spacial score (nSPS) is 17.2. The van der Waals surface area contributed by atoms with Gasteiger partial charge in [0.25, 0.3) is 15.7 Å². The Hall–Kier alpha value is -2.10. The third-order valence-electron chi connectivity index (χ3n) is 4.56. The van der Waals surface area contributed by atoms with Gasteiger partial charge in [0.05, 0.1) is 4.90 Å². The Morgan fingerprint density at radius 1 is 1.07 bits per heavy atom. The topological polar surface area (TPSA) is 92.3 Å². The fourth-order valence-corrected chi connectivity index (χ4v) is 3.86. The summed E-state index contributed by atoms with van der Waals surface area (Å²) in [6.45, 7) is 2.16. The number of likely N-dealkylation sites (N-methyl/N-ethyl adjacent to an activating group) is 1. The van der Waals surface area contributed by atoms with Crippen molar-refractivity contribution in [1.29, 1.82) is 0 Å². The SMILES string of the molecule is CCNC(=O)C1(NC(=O)c2ccc(S(=O)(=O)C(F)(F)F)cc2)CCCCC1. The zero-order valence-electron chi connectivity index (χ0n) is 14.7. The Labute approximate surface area is 155 Å². The molecule has 10 heteroatoms. The van der Waals surface area contributed by atoms with Crippen LogP contribution in [0.2, 0.25) is 0 Å². The number of benzene rings is 1. The highest BCUT2D eigenvalue weighted by Crippen LogP contribution is 2.31. The van der Waals surface area contributed by atoms with Gasteiger partial charge in [-0.1, -0.05) is 19.3 Å².